The van der Waals surface area contributed by atoms with E-state index in [1.54, 1.807) is 0 Å². The number of hydrogen-bond acceptors (Lipinski definition) is 14. The normalized spacial score (nSPS) is 40.4. The molecule has 0 unspecified atom stereocenters. The van der Waals surface area contributed by atoms with Gasteiger partial charge in [0, 0.05) is 38.5 Å². The van der Waals surface area contributed by atoms with E-state index >= 15 is 0 Å². The molecule has 1 spiro atoms. The highest BCUT2D eigenvalue weighted by Gasteiger charge is 2.79. The third-order valence-corrected chi connectivity index (χ3v) is 9.27. The number of carbonyl (C=O) groups is 5. The molecule has 0 aromatic rings. The Morgan fingerprint density at radius 1 is 1.02 bits per heavy atom. The molecule has 1 saturated carbocycles. The molecule has 14 nitrogen and oxygen atoms in total. The molecule has 11 atom stereocenters. The first-order chi connectivity index (χ1) is 20.9. The van der Waals surface area contributed by atoms with Crippen LogP contribution in [0.25, 0.3) is 0 Å². The average Bonchev–Trinajstić information content (AvgIpc) is 3.69. The number of rotatable bonds is 7. The summed E-state index contributed by atoms with van der Waals surface area (Å²) in [6.07, 6.45) is -5.42. The Morgan fingerprint density at radius 2 is 1.62 bits per heavy atom. The van der Waals surface area contributed by atoms with Gasteiger partial charge in [0.2, 0.25) is 0 Å². The monoisotopic (exact) mass is 638 g/mol. The highest BCUT2D eigenvalue weighted by atomic mass is 16.6. The molecule has 2 heterocycles. The van der Waals surface area contributed by atoms with Gasteiger partial charge in [-0.25, -0.2) is 0 Å². The van der Waals surface area contributed by atoms with Crippen LogP contribution < -0.4 is 0 Å². The molecule has 0 bridgehead atoms. The van der Waals surface area contributed by atoms with E-state index in [0.29, 0.717) is 0 Å². The number of esters is 5. The Morgan fingerprint density at radius 3 is 2.16 bits per heavy atom. The van der Waals surface area contributed by atoms with Crippen LogP contribution in [-0.4, -0.2) is 106 Å². The van der Waals surface area contributed by atoms with Gasteiger partial charge in [-0.3, -0.25) is 24.0 Å². The van der Waals surface area contributed by atoms with E-state index in [4.69, 9.17) is 28.4 Å². The molecule has 0 aromatic carbocycles. The van der Waals surface area contributed by atoms with E-state index in [9.17, 15) is 39.3 Å². The van der Waals surface area contributed by atoms with Crippen molar-refractivity contribution in [1.82, 2.24) is 0 Å². The van der Waals surface area contributed by atoms with Crippen LogP contribution in [0.15, 0.2) is 23.8 Å². The highest BCUT2D eigenvalue weighted by molar-refractivity contribution is 5.78. The van der Waals surface area contributed by atoms with Gasteiger partial charge in [-0.2, -0.15) is 0 Å². The fraction of sp³-hybridized carbons (Fsp3) is 0.710. The second-order valence-corrected chi connectivity index (χ2v) is 12.9. The topological polar surface area (TPSA) is 205 Å². The molecule has 45 heavy (non-hydrogen) atoms. The quantitative estimate of drug-likeness (QED) is 0.195. The fourth-order valence-corrected chi connectivity index (χ4v) is 6.99. The van der Waals surface area contributed by atoms with Gasteiger partial charge in [0.05, 0.1) is 12.5 Å². The summed E-state index contributed by atoms with van der Waals surface area (Å²) in [4.78, 5) is 62.8. The van der Waals surface area contributed by atoms with Crippen molar-refractivity contribution in [2.75, 3.05) is 13.2 Å². The van der Waals surface area contributed by atoms with Gasteiger partial charge in [0.25, 0.3) is 0 Å². The van der Waals surface area contributed by atoms with Crippen LogP contribution >= 0.6 is 0 Å². The molecule has 4 rings (SSSR count). The SMILES string of the molecule is CC(=O)O[C@H]1[C@@H](O)[C@]2(CO2)[C@@H]2[C@H](OC(C)=O)[C@@]3(O)[C@H](C=C(COC(=O)CC(C)C)C=C[C@H](OC(C)=O)[C@@]2(C)[C@H]1O)OC(=O)[C@@H]3C. The molecule has 0 aromatic heterocycles. The van der Waals surface area contributed by atoms with Gasteiger partial charge in [-0.15, -0.1) is 0 Å². The lowest BCUT2D eigenvalue weighted by atomic mass is 9.51. The predicted octanol–water partition coefficient (Wildman–Crippen LogP) is 0.287. The number of carbonyl (C=O) groups excluding carboxylic acids is 5. The molecule has 3 N–H and O–H groups in total. The Balaban J connectivity index is 1.99. The second-order valence-electron chi connectivity index (χ2n) is 12.9. The summed E-state index contributed by atoms with van der Waals surface area (Å²) in [6, 6.07) is 0. The van der Waals surface area contributed by atoms with E-state index in [1.165, 1.54) is 32.1 Å². The van der Waals surface area contributed by atoms with Crippen molar-refractivity contribution in [2.45, 2.75) is 103 Å². The molecule has 3 fully saturated rings. The van der Waals surface area contributed by atoms with Crippen LogP contribution in [0.3, 0.4) is 0 Å². The van der Waals surface area contributed by atoms with Crippen LogP contribution in [0.4, 0.5) is 0 Å². The minimum absolute atomic E-state index is 0.00721. The summed E-state index contributed by atoms with van der Waals surface area (Å²) >= 11 is 0. The van der Waals surface area contributed by atoms with Crippen molar-refractivity contribution in [1.29, 1.82) is 0 Å². The van der Waals surface area contributed by atoms with Crippen LogP contribution in [0.1, 0.15) is 54.9 Å². The number of aliphatic hydroxyl groups excluding tert-OH is 2. The summed E-state index contributed by atoms with van der Waals surface area (Å²) in [5.74, 6) is -6.56. The smallest absolute Gasteiger partial charge is 0.312 e. The van der Waals surface area contributed by atoms with Gasteiger partial charge in [0.1, 0.15) is 36.6 Å². The fourth-order valence-electron chi connectivity index (χ4n) is 6.99. The summed E-state index contributed by atoms with van der Waals surface area (Å²) in [7, 11) is 0. The number of hydrogen-bond donors (Lipinski definition) is 3. The van der Waals surface area contributed by atoms with Crippen molar-refractivity contribution >= 4 is 29.8 Å². The van der Waals surface area contributed by atoms with E-state index in [1.807, 2.05) is 13.8 Å². The molecule has 2 aliphatic carbocycles. The Kier molecular flexibility index (Phi) is 9.56. The van der Waals surface area contributed by atoms with E-state index in [-0.39, 0.29) is 31.1 Å². The lowest BCUT2D eigenvalue weighted by Crippen LogP contribution is -2.75. The zero-order valence-corrected chi connectivity index (χ0v) is 26.4. The van der Waals surface area contributed by atoms with Gasteiger partial charge < -0.3 is 43.7 Å². The van der Waals surface area contributed by atoms with Crippen molar-refractivity contribution < 1.29 is 67.7 Å². The first-order valence-electron chi connectivity index (χ1n) is 14.9. The van der Waals surface area contributed by atoms with E-state index in [2.05, 4.69) is 0 Å². The summed E-state index contributed by atoms with van der Waals surface area (Å²) in [5.41, 5.74) is -5.66. The second kappa shape index (κ2) is 12.5. The zero-order valence-electron chi connectivity index (χ0n) is 26.4. The van der Waals surface area contributed by atoms with E-state index < -0.39 is 94.9 Å². The zero-order chi connectivity index (χ0) is 33.6. The van der Waals surface area contributed by atoms with Crippen molar-refractivity contribution in [2.24, 2.45) is 23.2 Å². The molecule has 4 aliphatic rings. The molecule has 0 amide bonds. The first-order valence-corrected chi connectivity index (χ1v) is 14.9. The predicted molar refractivity (Wildman–Crippen MR) is 151 cm³/mol. The Labute approximate surface area is 260 Å². The van der Waals surface area contributed by atoms with Crippen molar-refractivity contribution in [3.63, 3.8) is 0 Å². The first kappa shape index (κ1) is 34.5. The van der Waals surface area contributed by atoms with Crippen molar-refractivity contribution in [3.8, 4) is 0 Å². The minimum atomic E-state index is -2.35. The third kappa shape index (κ3) is 6.12. The van der Waals surface area contributed by atoms with Crippen LogP contribution in [0.5, 0.6) is 0 Å². The van der Waals surface area contributed by atoms with Crippen LogP contribution in [0.2, 0.25) is 0 Å². The maximum atomic E-state index is 13.1. The lowest BCUT2D eigenvalue weighted by Gasteiger charge is -2.58. The Hall–Kier alpha value is -3.33. The highest BCUT2D eigenvalue weighted by Crippen LogP contribution is 2.61. The summed E-state index contributed by atoms with van der Waals surface area (Å²) in [6.45, 7) is 9.27. The number of epoxide rings is 1. The average molecular weight is 639 g/mol. The molecule has 2 saturated heterocycles. The number of fused-ring (bicyclic) bond motifs is 3. The third-order valence-electron chi connectivity index (χ3n) is 9.27. The Bertz CT molecular complexity index is 1280. The molecular weight excluding hydrogens is 596 g/mol. The van der Waals surface area contributed by atoms with Crippen LogP contribution in [0, 0.1) is 23.2 Å². The van der Waals surface area contributed by atoms with Gasteiger partial charge in [-0.05, 0) is 30.6 Å². The van der Waals surface area contributed by atoms with Gasteiger partial charge in [0.15, 0.2) is 17.8 Å². The molecular formula is C31H42O14. The van der Waals surface area contributed by atoms with Crippen LogP contribution in [-0.2, 0) is 52.4 Å². The number of ether oxygens (including phenoxy) is 6. The standard InChI is InChI=1S/C31H42O14/c1-14(2)10-22(35)40-12-19-8-9-20(42-16(4)32)29(7)24(30(13-41-30)26(37)23(25(29)36)43-17(5)33)27(44-18(6)34)31(39)15(3)28(38)45-21(31)11-19/h8-9,11,14-15,20-21,23-27,36-37,39H,10,12-13H2,1-7H3/t15-,20-,21-,23+,24+,25-,26+,27-,29+,30-,31-/m0/s1. The molecule has 0 radical (unpaired) electrons. The molecule has 250 valence electrons. The minimum Gasteiger partial charge on any atom is -0.461 e. The maximum absolute atomic E-state index is 13.1. The summed E-state index contributed by atoms with van der Waals surface area (Å²) in [5, 5.41) is 36.1. The number of aliphatic hydroxyl groups is 3. The lowest BCUT2D eigenvalue weighted by molar-refractivity contribution is -0.273. The molecule has 14 heteroatoms. The van der Waals surface area contributed by atoms with Crippen molar-refractivity contribution in [3.05, 3.63) is 23.8 Å². The maximum Gasteiger partial charge on any atom is 0.312 e. The van der Waals surface area contributed by atoms with Gasteiger partial charge >= 0.3 is 29.8 Å². The largest absolute Gasteiger partial charge is 0.461 e. The summed E-state index contributed by atoms with van der Waals surface area (Å²) < 4.78 is 33.8. The van der Waals surface area contributed by atoms with E-state index in [0.717, 1.165) is 20.8 Å². The van der Waals surface area contributed by atoms with Gasteiger partial charge in [-0.1, -0.05) is 26.8 Å². The molecule has 2 aliphatic heterocycles.